The van der Waals surface area contributed by atoms with Crippen molar-refractivity contribution in [1.29, 1.82) is 0 Å². The lowest BCUT2D eigenvalue weighted by Crippen LogP contribution is -2.49. The Hall–Kier alpha value is -0.530. The van der Waals surface area contributed by atoms with Crippen LogP contribution in [0.25, 0.3) is 0 Å². The molecule has 3 aliphatic carbocycles. The Morgan fingerprint density at radius 3 is 2.24 bits per heavy atom. The van der Waals surface area contributed by atoms with Crippen molar-refractivity contribution in [1.82, 2.24) is 0 Å². The summed E-state index contributed by atoms with van der Waals surface area (Å²) in [6.07, 6.45) is 7.15. The fraction of sp³-hybridized carbons (Fsp3) is 0.957. The Labute approximate surface area is 156 Å². The van der Waals surface area contributed by atoms with Gasteiger partial charge in [0, 0.05) is 5.92 Å². The van der Waals surface area contributed by atoms with Gasteiger partial charge in [0.2, 0.25) is 0 Å². The summed E-state index contributed by atoms with van der Waals surface area (Å²) in [5, 5.41) is 0. The van der Waals surface area contributed by atoms with Crippen LogP contribution in [0.3, 0.4) is 0 Å². The van der Waals surface area contributed by atoms with Gasteiger partial charge in [0.25, 0.3) is 0 Å². The highest BCUT2D eigenvalue weighted by atomic mass is 16.6. The highest BCUT2D eigenvalue weighted by molar-refractivity contribution is 5.76. The van der Waals surface area contributed by atoms with Crippen molar-refractivity contribution in [2.45, 2.75) is 106 Å². The van der Waals surface area contributed by atoms with Crippen molar-refractivity contribution in [3.63, 3.8) is 0 Å². The fourth-order valence-electron chi connectivity index (χ4n) is 6.47. The van der Waals surface area contributed by atoms with E-state index < -0.39 is 0 Å². The average molecular weight is 351 g/mol. The molecule has 3 aliphatic rings. The van der Waals surface area contributed by atoms with Crippen LogP contribution >= 0.6 is 0 Å². The molecule has 0 heterocycles. The number of carbonyl (C=O) groups excluding carboxylic acids is 1. The first kappa shape index (κ1) is 20.8. The third kappa shape index (κ3) is 2.96. The van der Waals surface area contributed by atoms with Crippen LogP contribution in [-0.4, -0.2) is 11.6 Å². The lowest BCUT2D eigenvalue weighted by molar-refractivity contribution is -0.184. The molecule has 0 aromatic carbocycles. The molecule has 5 unspecified atom stereocenters. The normalized spacial score (nSPS) is 41.6. The summed E-state index contributed by atoms with van der Waals surface area (Å²) in [7, 11) is 0. The molecule has 3 saturated carbocycles. The van der Waals surface area contributed by atoms with Gasteiger partial charge in [-0.1, -0.05) is 41.5 Å². The van der Waals surface area contributed by atoms with Crippen LogP contribution in [0.5, 0.6) is 0 Å². The SMILES string of the molecule is CC.CCC(C)(C)C(=O)OC1(C)CCC23CC1C(C)(C)C2CCC3C. The van der Waals surface area contributed by atoms with Gasteiger partial charge in [-0.2, -0.15) is 0 Å². The molecule has 146 valence electrons. The number of carbonyl (C=O) groups is 1. The zero-order valence-corrected chi connectivity index (χ0v) is 18.3. The molecule has 0 saturated heterocycles. The van der Waals surface area contributed by atoms with Gasteiger partial charge in [-0.15, -0.1) is 0 Å². The van der Waals surface area contributed by atoms with E-state index in [1.165, 1.54) is 25.7 Å². The summed E-state index contributed by atoms with van der Waals surface area (Å²) in [5.41, 5.74) is 0.166. The van der Waals surface area contributed by atoms with Crippen LogP contribution in [-0.2, 0) is 9.53 Å². The molecule has 0 amide bonds. The first-order chi connectivity index (χ1) is 11.5. The monoisotopic (exact) mass is 350 g/mol. The first-order valence-corrected chi connectivity index (χ1v) is 10.7. The van der Waals surface area contributed by atoms with Crippen molar-refractivity contribution < 1.29 is 9.53 Å². The number of esters is 1. The number of ether oxygens (including phenoxy) is 1. The molecule has 2 bridgehead atoms. The van der Waals surface area contributed by atoms with Crippen LogP contribution in [0.4, 0.5) is 0 Å². The van der Waals surface area contributed by atoms with Gasteiger partial charge in [0.1, 0.15) is 5.60 Å². The van der Waals surface area contributed by atoms with Gasteiger partial charge in [-0.3, -0.25) is 4.79 Å². The lowest BCUT2D eigenvalue weighted by atomic mass is 9.64. The van der Waals surface area contributed by atoms with Crippen molar-refractivity contribution in [3.05, 3.63) is 0 Å². The minimum atomic E-state index is -0.371. The maximum absolute atomic E-state index is 12.7. The molecular formula is C23H42O2. The van der Waals surface area contributed by atoms with Gasteiger partial charge in [0.15, 0.2) is 0 Å². The molecular weight excluding hydrogens is 308 g/mol. The van der Waals surface area contributed by atoms with E-state index in [-0.39, 0.29) is 22.4 Å². The summed E-state index contributed by atoms with van der Waals surface area (Å²) in [4.78, 5) is 12.7. The lowest BCUT2D eigenvalue weighted by Gasteiger charge is -2.47. The van der Waals surface area contributed by atoms with Crippen molar-refractivity contribution in [2.75, 3.05) is 0 Å². The minimum Gasteiger partial charge on any atom is -0.459 e. The molecule has 2 heteroatoms. The number of hydrogen-bond donors (Lipinski definition) is 0. The van der Waals surface area contributed by atoms with Crippen molar-refractivity contribution in [2.24, 2.45) is 34.0 Å². The Morgan fingerprint density at radius 2 is 1.68 bits per heavy atom. The largest absolute Gasteiger partial charge is 0.459 e. The molecule has 25 heavy (non-hydrogen) atoms. The molecule has 0 aromatic rings. The zero-order valence-electron chi connectivity index (χ0n) is 18.3. The van der Waals surface area contributed by atoms with E-state index in [2.05, 4.69) is 34.6 Å². The second-order valence-electron chi connectivity index (χ2n) is 10.3. The fourth-order valence-corrected chi connectivity index (χ4v) is 6.47. The van der Waals surface area contributed by atoms with E-state index in [9.17, 15) is 4.79 Å². The molecule has 0 N–H and O–H groups in total. The van der Waals surface area contributed by atoms with Crippen LogP contribution in [0.15, 0.2) is 0 Å². The van der Waals surface area contributed by atoms with Crippen LogP contribution in [0.2, 0.25) is 0 Å². The Morgan fingerprint density at radius 1 is 1.08 bits per heavy atom. The highest BCUT2D eigenvalue weighted by Gasteiger charge is 2.69. The minimum absolute atomic E-state index is 0.000595. The molecule has 2 nitrogen and oxygen atoms in total. The molecule has 0 aliphatic heterocycles. The Bertz CT molecular complexity index is 506. The van der Waals surface area contributed by atoms with Gasteiger partial charge in [-0.25, -0.2) is 0 Å². The molecule has 5 atom stereocenters. The Kier molecular flexibility index (Phi) is 5.46. The van der Waals surface area contributed by atoms with E-state index in [0.29, 0.717) is 11.3 Å². The summed E-state index contributed by atoms with van der Waals surface area (Å²) in [5.74, 6) is 2.16. The number of hydrogen-bond acceptors (Lipinski definition) is 2. The van der Waals surface area contributed by atoms with Crippen LogP contribution in [0, 0.1) is 34.0 Å². The van der Waals surface area contributed by atoms with E-state index in [1.54, 1.807) is 0 Å². The summed E-state index contributed by atoms with van der Waals surface area (Å²) in [6, 6.07) is 0. The summed E-state index contributed by atoms with van der Waals surface area (Å²) >= 11 is 0. The van der Waals surface area contributed by atoms with E-state index in [1.807, 2.05) is 27.7 Å². The number of rotatable bonds is 3. The van der Waals surface area contributed by atoms with E-state index in [4.69, 9.17) is 4.74 Å². The third-order valence-electron chi connectivity index (χ3n) is 8.53. The van der Waals surface area contributed by atoms with E-state index in [0.717, 1.165) is 24.7 Å². The smallest absolute Gasteiger partial charge is 0.312 e. The van der Waals surface area contributed by atoms with Gasteiger partial charge < -0.3 is 4.74 Å². The van der Waals surface area contributed by atoms with Gasteiger partial charge in [0.05, 0.1) is 5.41 Å². The quantitative estimate of drug-likeness (QED) is 0.534. The highest BCUT2D eigenvalue weighted by Crippen LogP contribution is 2.73. The second kappa shape index (κ2) is 6.57. The van der Waals surface area contributed by atoms with Gasteiger partial charge in [-0.05, 0) is 82.0 Å². The molecule has 0 radical (unpaired) electrons. The van der Waals surface area contributed by atoms with E-state index >= 15 is 0 Å². The molecule has 3 rings (SSSR count). The molecule has 1 spiro atoms. The van der Waals surface area contributed by atoms with Crippen LogP contribution in [0.1, 0.15) is 101 Å². The standard InChI is InChI=1S/C21H36O2.C2H6/c1-8-18(3,4)17(22)23-20(7)11-12-21-13-16(20)19(5,6)15(21)10-9-14(21)2;1-2/h14-16H,8-13H2,1-7H3;1-2H3. The Balaban J connectivity index is 0.00000109. The van der Waals surface area contributed by atoms with Gasteiger partial charge >= 0.3 is 5.97 Å². The van der Waals surface area contributed by atoms with Crippen molar-refractivity contribution in [3.8, 4) is 0 Å². The first-order valence-electron chi connectivity index (χ1n) is 10.7. The maximum atomic E-state index is 12.7. The molecule has 0 aromatic heterocycles. The predicted molar refractivity (Wildman–Crippen MR) is 105 cm³/mol. The predicted octanol–water partition coefficient (Wildman–Crippen LogP) is 6.62. The summed E-state index contributed by atoms with van der Waals surface area (Å²) < 4.78 is 6.26. The summed E-state index contributed by atoms with van der Waals surface area (Å²) in [6.45, 7) is 19.7. The molecule has 3 fully saturated rings. The number of fused-ring (bicyclic) bond motifs is 1. The topological polar surface area (TPSA) is 26.3 Å². The third-order valence-corrected chi connectivity index (χ3v) is 8.53. The second-order valence-corrected chi connectivity index (χ2v) is 10.3. The maximum Gasteiger partial charge on any atom is 0.312 e. The van der Waals surface area contributed by atoms with Crippen molar-refractivity contribution >= 4 is 5.97 Å². The average Bonchev–Trinajstić information content (AvgIpc) is 2.98. The zero-order chi connectivity index (χ0) is 19.3. The van der Waals surface area contributed by atoms with Crippen LogP contribution < -0.4 is 0 Å².